The number of rotatable bonds is 2. The van der Waals surface area contributed by atoms with E-state index in [9.17, 15) is 25.2 Å². The van der Waals surface area contributed by atoms with Gasteiger partial charge in [0.05, 0.1) is 17.4 Å². The number of carboxylic acid groups (broad SMARTS) is 1. The molecule has 0 aromatic carbocycles. The summed E-state index contributed by atoms with van der Waals surface area (Å²) >= 11 is 0. The lowest BCUT2D eigenvalue weighted by Gasteiger charge is -2.26. The Morgan fingerprint density at radius 3 is 2.71 bits per heavy atom. The molecule has 1 spiro atoms. The smallest absolute Gasteiger partial charge is 0.338 e. The minimum Gasteiger partial charge on any atom is -0.478 e. The molecule has 4 rings (SSSR count). The number of carbonyl (C=O) groups is 1. The Morgan fingerprint density at radius 1 is 1.50 bits per heavy atom. The van der Waals surface area contributed by atoms with Crippen molar-refractivity contribution < 1.29 is 30.0 Å². The molecule has 2 aromatic rings. The van der Waals surface area contributed by atoms with Crippen LogP contribution in [0.2, 0.25) is 0 Å². The van der Waals surface area contributed by atoms with Crippen molar-refractivity contribution in [2.45, 2.75) is 42.9 Å². The van der Waals surface area contributed by atoms with Gasteiger partial charge >= 0.3 is 5.97 Å². The van der Waals surface area contributed by atoms with Gasteiger partial charge in [0.25, 0.3) is 0 Å². The Hall–Kier alpha value is -2.27. The molecule has 24 heavy (non-hydrogen) atoms. The number of aliphatic hydroxyl groups excluding tert-OH is 2. The summed E-state index contributed by atoms with van der Waals surface area (Å²) in [5.74, 6) is -1.27. The van der Waals surface area contributed by atoms with Crippen LogP contribution in [-0.2, 0) is 4.74 Å². The Morgan fingerprint density at radius 2 is 2.17 bits per heavy atom. The van der Waals surface area contributed by atoms with Crippen LogP contribution in [0.3, 0.4) is 0 Å². The monoisotopic (exact) mass is 336 g/mol. The van der Waals surface area contributed by atoms with Gasteiger partial charge in [-0.3, -0.25) is 0 Å². The molecule has 1 saturated heterocycles. The van der Waals surface area contributed by atoms with Crippen LogP contribution < -0.4 is 5.73 Å². The summed E-state index contributed by atoms with van der Waals surface area (Å²) in [5, 5.41) is 44.3. The summed E-state index contributed by atoms with van der Waals surface area (Å²) in [4.78, 5) is 15.3. The first-order valence-corrected chi connectivity index (χ1v) is 7.32. The molecule has 10 heteroatoms. The molecule has 10 nitrogen and oxygen atoms in total. The number of ether oxygens (including phenoxy) is 1. The van der Waals surface area contributed by atoms with E-state index in [1.807, 2.05) is 0 Å². The van der Waals surface area contributed by atoms with Crippen LogP contribution in [0.4, 0.5) is 5.82 Å². The quantitative estimate of drug-likeness (QED) is 0.448. The lowest BCUT2D eigenvalue weighted by molar-refractivity contribution is -0.0664. The fourth-order valence-electron chi connectivity index (χ4n) is 3.51. The highest BCUT2D eigenvalue weighted by atomic mass is 16.6. The van der Waals surface area contributed by atoms with Crippen LogP contribution in [0, 0.1) is 0 Å². The van der Waals surface area contributed by atoms with Gasteiger partial charge in [-0.05, 0) is 13.0 Å². The van der Waals surface area contributed by atoms with Gasteiger partial charge in [-0.25, -0.2) is 14.3 Å². The first-order valence-electron chi connectivity index (χ1n) is 7.32. The fourth-order valence-corrected chi connectivity index (χ4v) is 3.51. The number of fused-ring (bicyclic) bond motifs is 1. The number of anilines is 1. The number of hydrogen-bond donors (Lipinski definition) is 5. The van der Waals surface area contributed by atoms with Crippen LogP contribution in [0.15, 0.2) is 12.4 Å². The second-order valence-electron chi connectivity index (χ2n) is 6.49. The van der Waals surface area contributed by atoms with E-state index in [1.54, 1.807) is 0 Å². The van der Waals surface area contributed by atoms with Crippen LogP contribution in [0.5, 0.6) is 0 Å². The van der Waals surface area contributed by atoms with E-state index < -0.39 is 35.5 Å². The van der Waals surface area contributed by atoms with Gasteiger partial charge in [-0.15, -0.1) is 0 Å². The average molecular weight is 336 g/mol. The van der Waals surface area contributed by atoms with E-state index in [1.165, 1.54) is 17.5 Å². The van der Waals surface area contributed by atoms with Gasteiger partial charge < -0.3 is 30.9 Å². The maximum atomic E-state index is 11.5. The second kappa shape index (κ2) is 4.42. The van der Waals surface area contributed by atoms with Gasteiger partial charge in [-0.2, -0.15) is 5.10 Å². The van der Waals surface area contributed by atoms with Crippen molar-refractivity contribution in [2.24, 2.45) is 0 Å². The number of carboxylic acids is 1. The molecular formula is C14H16N4O6. The maximum absolute atomic E-state index is 11.5. The van der Waals surface area contributed by atoms with Crippen LogP contribution in [-0.4, -0.2) is 64.4 Å². The average Bonchev–Trinajstić information content (AvgIpc) is 2.91. The van der Waals surface area contributed by atoms with Crippen LogP contribution >= 0.6 is 0 Å². The third kappa shape index (κ3) is 1.70. The summed E-state index contributed by atoms with van der Waals surface area (Å²) in [5.41, 5.74) is 2.90. The predicted octanol–water partition coefficient (Wildman–Crippen LogP) is -1.30. The molecule has 128 valence electrons. The number of aromatic nitrogens is 3. The highest BCUT2D eigenvalue weighted by Crippen LogP contribution is 2.58. The maximum Gasteiger partial charge on any atom is 0.338 e. The topological polar surface area (TPSA) is 163 Å². The number of nitrogen functional groups attached to an aromatic ring is 1. The van der Waals surface area contributed by atoms with Crippen molar-refractivity contribution in [3.05, 3.63) is 23.7 Å². The van der Waals surface area contributed by atoms with Gasteiger partial charge in [0.2, 0.25) is 0 Å². The molecule has 2 fully saturated rings. The van der Waals surface area contributed by atoms with Gasteiger partial charge in [0.1, 0.15) is 35.3 Å². The molecule has 0 bridgehead atoms. The molecular weight excluding hydrogens is 320 g/mol. The Kier molecular flexibility index (Phi) is 2.81. The molecule has 1 aliphatic carbocycles. The van der Waals surface area contributed by atoms with Crippen molar-refractivity contribution in [1.82, 2.24) is 14.6 Å². The zero-order chi connectivity index (χ0) is 17.4. The molecule has 0 amide bonds. The molecule has 5 atom stereocenters. The summed E-state index contributed by atoms with van der Waals surface area (Å²) in [6, 6.07) is 1.28. The lowest BCUT2D eigenvalue weighted by Crippen LogP contribution is -2.44. The molecule has 1 unspecified atom stereocenters. The van der Waals surface area contributed by atoms with Gasteiger partial charge in [0.15, 0.2) is 5.82 Å². The normalized spacial score (nSPS) is 38.1. The number of aliphatic hydroxyl groups is 3. The third-order valence-corrected chi connectivity index (χ3v) is 4.91. The highest BCUT2D eigenvalue weighted by molar-refractivity contribution is 5.99. The van der Waals surface area contributed by atoms with E-state index >= 15 is 0 Å². The number of nitrogens with zero attached hydrogens (tertiary/aromatic N) is 3. The molecule has 1 aliphatic heterocycles. The summed E-state index contributed by atoms with van der Waals surface area (Å²) < 4.78 is 6.99. The minimum atomic E-state index is -1.75. The Labute approximate surface area is 135 Å². The van der Waals surface area contributed by atoms with E-state index in [2.05, 4.69) is 10.1 Å². The van der Waals surface area contributed by atoms with Crippen LogP contribution in [0.25, 0.3) is 5.52 Å². The first-order chi connectivity index (χ1) is 11.2. The van der Waals surface area contributed by atoms with Crippen molar-refractivity contribution in [1.29, 1.82) is 0 Å². The summed E-state index contributed by atoms with van der Waals surface area (Å²) in [6.07, 6.45) is -1.98. The zero-order valence-electron chi connectivity index (χ0n) is 12.6. The standard InChI is InChI=1S/C14H16N4O6/c1-13(23)9(24-14(12(13)22)3-7(14)19)6-2-5(11(20)21)8-10(15)16-4-17-18(6)8/h2,4,7,9,12,19,22-23H,3H2,1H3,(H,20,21)(H2,15,16,17)/t7?,9-,12-,13-,14-/m0/s1. The lowest BCUT2D eigenvalue weighted by atomic mass is 9.90. The molecule has 0 radical (unpaired) electrons. The largest absolute Gasteiger partial charge is 0.478 e. The number of aromatic carboxylic acids is 1. The zero-order valence-corrected chi connectivity index (χ0v) is 12.6. The first kappa shape index (κ1) is 15.3. The van der Waals surface area contributed by atoms with Gasteiger partial charge in [0, 0.05) is 6.42 Å². The van der Waals surface area contributed by atoms with Gasteiger partial charge in [-0.1, -0.05) is 0 Å². The third-order valence-electron chi connectivity index (χ3n) is 4.91. The second-order valence-corrected chi connectivity index (χ2v) is 6.49. The molecule has 1 saturated carbocycles. The van der Waals surface area contributed by atoms with E-state index in [0.29, 0.717) is 0 Å². The Balaban J connectivity index is 1.92. The molecule has 2 aliphatic rings. The molecule has 6 N–H and O–H groups in total. The number of hydrogen-bond acceptors (Lipinski definition) is 8. The van der Waals surface area contributed by atoms with Crippen molar-refractivity contribution in [2.75, 3.05) is 5.73 Å². The van der Waals surface area contributed by atoms with E-state index in [4.69, 9.17) is 10.5 Å². The predicted molar refractivity (Wildman–Crippen MR) is 78.2 cm³/mol. The van der Waals surface area contributed by atoms with E-state index in [0.717, 1.165) is 6.33 Å². The van der Waals surface area contributed by atoms with Crippen molar-refractivity contribution in [3.63, 3.8) is 0 Å². The molecule has 3 heterocycles. The molecule has 2 aromatic heterocycles. The summed E-state index contributed by atoms with van der Waals surface area (Å²) in [7, 11) is 0. The van der Waals surface area contributed by atoms with Crippen molar-refractivity contribution in [3.8, 4) is 0 Å². The highest BCUT2D eigenvalue weighted by Gasteiger charge is 2.72. The Bertz CT molecular complexity index is 864. The summed E-state index contributed by atoms with van der Waals surface area (Å²) in [6.45, 7) is 1.37. The minimum absolute atomic E-state index is 0.0343. The van der Waals surface area contributed by atoms with E-state index in [-0.39, 0.29) is 29.0 Å². The number of nitrogens with two attached hydrogens (primary N) is 1. The fraction of sp³-hybridized carbons (Fsp3) is 0.500. The SMILES string of the molecule is C[C@]1(O)[C@H](c2cc(C(=O)O)c3c(N)ncnn23)O[C@]2(CC2O)[C@H]1O. The van der Waals surface area contributed by atoms with Crippen LogP contribution in [0.1, 0.15) is 35.5 Å². The van der Waals surface area contributed by atoms with Crippen molar-refractivity contribution >= 4 is 17.3 Å².